The second-order valence-electron chi connectivity index (χ2n) is 5.39. The van der Waals surface area contributed by atoms with Crippen molar-refractivity contribution < 1.29 is 9.72 Å². The largest absolute Gasteiger partial charge is 0.350 e. The predicted octanol–water partition coefficient (Wildman–Crippen LogP) is 1.07. The van der Waals surface area contributed by atoms with E-state index < -0.39 is 10.5 Å². The molecule has 0 spiro atoms. The molecule has 0 aliphatic carbocycles. The minimum atomic E-state index is -0.460. The zero-order valence-corrected chi connectivity index (χ0v) is 13.5. The molecule has 3 N–H and O–H groups in total. The first-order valence-electron chi connectivity index (χ1n) is 6.37. The van der Waals surface area contributed by atoms with E-state index in [1.54, 1.807) is 13.8 Å². The smallest absolute Gasteiger partial charge is 0.312 e. The van der Waals surface area contributed by atoms with Gasteiger partial charge in [0.05, 0.1) is 11.5 Å². The fraction of sp³-hybridized carbons (Fsp3) is 0.667. The number of aromatic nitrogens is 2. The molecule has 1 aromatic heterocycles. The maximum atomic E-state index is 11.8. The van der Waals surface area contributed by atoms with Gasteiger partial charge in [-0.2, -0.15) is 5.10 Å². The molecule has 1 rings (SSSR count). The van der Waals surface area contributed by atoms with E-state index in [0.717, 1.165) is 0 Å². The molecule has 120 valence electrons. The number of hydrogen-bond donors (Lipinski definition) is 2. The average Bonchev–Trinajstić information content (AvgIpc) is 2.61. The number of nitro groups is 1. The molecule has 0 atom stereocenters. The van der Waals surface area contributed by atoms with E-state index >= 15 is 0 Å². The van der Waals surface area contributed by atoms with Crippen LogP contribution in [0.15, 0.2) is 0 Å². The highest BCUT2D eigenvalue weighted by Gasteiger charge is 2.23. The third-order valence-corrected chi connectivity index (χ3v) is 3.06. The SMILES string of the molecule is Cc1nn(CCC(=O)NC(C)(C)CN)c(C)c1[N+](=O)[O-].Cl. The molecule has 9 heteroatoms. The topological polar surface area (TPSA) is 116 Å². The second-order valence-corrected chi connectivity index (χ2v) is 5.39. The number of nitrogens with one attached hydrogen (secondary N) is 1. The summed E-state index contributed by atoms with van der Waals surface area (Å²) in [6, 6.07) is 0. The maximum Gasteiger partial charge on any atom is 0.312 e. The fourth-order valence-electron chi connectivity index (χ4n) is 1.87. The lowest BCUT2D eigenvalue weighted by atomic mass is 10.1. The molecule has 0 unspecified atom stereocenters. The van der Waals surface area contributed by atoms with Gasteiger partial charge in [-0.15, -0.1) is 12.4 Å². The molecule has 0 aromatic carbocycles. The number of rotatable bonds is 6. The number of carbonyl (C=O) groups is 1. The molecule has 0 bridgehead atoms. The average molecular weight is 320 g/mol. The van der Waals surface area contributed by atoms with Crippen LogP contribution in [0.25, 0.3) is 0 Å². The number of nitrogens with zero attached hydrogens (tertiary/aromatic N) is 3. The van der Waals surface area contributed by atoms with E-state index in [1.807, 2.05) is 13.8 Å². The van der Waals surface area contributed by atoms with Crippen LogP contribution in [0, 0.1) is 24.0 Å². The number of halogens is 1. The molecule has 0 saturated carbocycles. The molecule has 0 radical (unpaired) electrons. The summed E-state index contributed by atoms with van der Waals surface area (Å²) in [6.45, 7) is 7.51. The van der Waals surface area contributed by atoms with Crippen molar-refractivity contribution in [3.8, 4) is 0 Å². The summed E-state index contributed by atoms with van der Waals surface area (Å²) in [5.41, 5.74) is 5.90. The van der Waals surface area contributed by atoms with Crippen molar-refractivity contribution in [3.63, 3.8) is 0 Å². The normalized spacial score (nSPS) is 10.9. The van der Waals surface area contributed by atoms with Crippen LogP contribution in [-0.4, -0.2) is 32.7 Å². The minimum Gasteiger partial charge on any atom is -0.350 e. The Hall–Kier alpha value is -1.67. The van der Waals surface area contributed by atoms with Gasteiger partial charge in [0.25, 0.3) is 0 Å². The maximum absolute atomic E-state index is 11.8. The minimum absolute atomic E-state index is 0. The summed E-state index contributed by atoms with van der Waals surface area (Å²) < 4.78 is 1.49. The van der Waals surface area contributed by atoms with Crippen LogP contribution < -0.4 is 11.1 Å². The summed E-state index contributed by atoms with van der Waals surface area (Å²) in [4.78, 5) is 22.2. The first kappa shape index (κ1) is 19.3. The molecule has 8 nitrogen and oxygen atoms in total. The molecular formula is C12H22ClN5O3. The van der Waals surface area contributed by atoms with Crippen molar-refractivity contribution in [1.82, 2.24) is 15.1 Å². The lowest BCUT2D eigenvalue weighted by Crippen LogP contribution is -2.49. The molecule has 0 saturated heterocycles. The van der Waals surface area contributed by atoms with Crippen LogP contribution in [0.2, 0.25) is 0 Å². The van der Waals surface area contributed by atoms with Gasteiger partial charge in [0, 0.05) is 18.5 Å². The number of amides is 1. The van der Waals surface area contributed by atoms with E-state index in [9.17, 15) is 14.9 Å². The predicted molar refractivity (Wildman–Crippen MR) is 81.5 cm³/mol. The van der Waals surface area contributed by atoms with Crippen LogP contribution in [0.4, 0.5) is 5.69 Å². The molecule has 0 fully saturated rings. The summed E-state index contributed by atoms with van der Waals surface area (Å²) in [5, 5.41) is 17.8. The first-order valence-corrected chi connectivity index (χ1v) is 6.37. The van der Waals surface area contributed by atoms with Crippen molar-refractivity contribution in [2.45, 2.75) is 46.2 Å². The van der Waals surface area contributed by atoms with Crippen molar-refractivity contribution >= 4 is 24.0 Å². The molecule has 0 aliphatic rings. The van der Waals surface area contributed by atoms with Gasteiger partial charge in [-0.05, 0) is 27.7 Å². The Bertz CT molecular complexity index is 527. The summed E-state index contributed by atoms with van der Waals surface area (Å²) in [7, 11) is 0. The Morgan fingerprint density at radius 1 is 1.48 bits per heavy atom. The zero-order chi connectivity index (χ0) is 15.5. The highest BCUT2D eigenvalue weighted by atomic mass is 35.5. The van der Waals surface area contributed by atoms with Crippen molar-refractivity contribution in [3.05, 3.63) is 21.5 Å². The first-order chi connectivity index (χ1) is 9.18. The highest BCUT2D eigenvalue weighted by Crippen LogP contribution is 2.21. The number of aryl methyl sites for hydroxylation is 2. The van der Waals surface area contributed by atoms with Crippen LogP contribution in [0.5, 0.6) is 0 Å². The standard InChI is InChI=1S/C12H21N5O3.ClH/c1-8-11(17(19)20)9(2)16(15-8)6-5-10(18)14-12(3,4)7-13;/h5-7,13H2,1-4H3,(H,14,18);1H. The molecule has 1 heterocycles. The molecule has 1 amide bonds. The van der Waals surface area contributed by atoms with Crippen molar-refractivity contribution in [2.24, 2.45) is 5.73 Å². The number of nitrogens with two attached hydrogens (primary N) is 1. The zero-order valence-electron chi connectivity index (χ0n) is 12.7. The van der Waals surface area contributed by atoms with Gasteiger partial charge in [0.15, 0.2) is 0 Å². The van der Waals surface area contributed by atoms with Gasteiger partial charge in [0.1, 0.15) is 11.4 Å². The Balaban J connectivity index is 0.00000400. The fourth-order valence-corrected chi connectivity index (χ4v) is 1.87. The van der Waals surface area contributed by atoms with E-state index in [4.69, 9.17) is 5.73 Å². The van der Waals surface area contributed by atoms with E-state index in [-0.39, 0.29) is 30.4 Å². The van der Waals surface area contributed by atoms with Gasteiger partial charge in [-0.25, -0.2) is 0 Å². The Labute approximate surface area is 129 Å². The molecule has 21 heavy (non-hydrogen) atoms. The Morgan fingerprint density at radius 2 is 2.05 bits per heavy atom. The summed E-state index contributed by atoms with van der Waals surface area (Å²) in [6.07, 6.45) is 0.197. The van der Waals surface area contributed by atoms with E-state index in [0.29, 0.717) is 24.5 Å². The van der Waals surface area contributed by atoms with E-state index in [2.05, 4.69) is 10.4 Å². The second kappa shape index (κ2) is 7.37. The Morgan fingerprint density at radius 3 is 2.48 bits per heavy atom. The van der Waals surface area contributed by atoms with Gasteiger partial charge < -0.3 is 11.1 Å². The summed E-state index contributed by atoms with van der Waals surface area (Å²) in [5.74, 6) is -0.157. The monoisotopic (exact) mass is 319 g/mol. The van der Waals surface area contributed by atoms with Crippen LogP contribution in [0.3, 0.4) is 0 Å². The number of hydrogen-bond acceptors (Lipinski definition) is 5. The van der Waals surface area contributed by atoms with Gasteiger partial charge in [0.2, 0.25) is 5.91 Å². The van der Waals surface area contributed by atoms with Gasteiger partial charge >= 0.3 is 5.69 Å². The quantitative estimate of drug-likeness (QED) is 0.601. The van der Waals surface area contributed by atoms with Gasteiger partial charge in [-0.1, -0.05) is 0 Å². The molecular weight excluding hydrogens is 298 g/mol. The van der Waals surface area contributed by atoms with Crippen LogP contribution in [0.1, 0.15) is 31.7 Å². The van der Waals surface area contributed by atoms with Crippen molar-refractivity contribution in [1.29, 1.82) is 0 Å². The van der Waals surface area contributed by atoms with Crippen LogP contribution >= 0.6 is 12.4 Å². The number of carbonyl (C=O) groups excluding carboxylic acids is 1. The third kappa shape index (κ3) is 4.98. The van der Waals surface area contributed by atoms with Gasteiger partial charge in [-0.3, -0.25) is 19.6 Å². The highest BCUT2D eigenvalue weighted by molar-refractivity contribution is 5.85. The molecule has 1 aromatic rings. The Kier molecular flexibility index (Phi) is 6.78. The lowest BCUT2D eigenvalue weighted by molar-refractivity contribution is -0.386. The molecule has 0 aliphatic heterocycles. The lowest BCUT2D eigenvalue weighted by Gasteiger charge is -2.24. The summed E-state index contributed by atoms with van der Waals surface area (Å²) >= 11 is 0. The van der Waals surface area contributed by atoms with E-state index in [1.165, 1.54) is 4.68 Å². The third-order valence-electron chi connectivity index (χ3n) is 3.06. The van der Waals surface area contributed by atoms with Crippen LogP contribution in [-0.2, 0) is 11.3 Å². The van der Waals surface area contributed by atoms with Crippen molar-refractivity contribution in [2.75, 3.05) is 6.54 Å².